The van der Waals surface area contributed by atoms with Gasteiger partial charge in [0.25, 0.3) is 17.7 Å². The van der Waals surface area contributed by atoms with Crippen molar-refractivity contribution in [2.24, 2.45) is 5.73 Å². The van der Waals surface area contributed by atoms with Crippen LogP contribution >= 0.6 is 0 Å². The Kier molecular flexibility index (Phi) is 11.0. The van der Waals surface area contributed by atoms with Crippen LogP contribution in [0.3, 0.4) is 0 Å². The lowest BCUT2D eigenvalue weighted by atomic mass is 9.94. The van der Waals surface area contributed by atoms with Gasteiger partial charge in [-0.3, -0.25) is 33.8 Å². The molecule has 0 bridgehead atoms. The zero-order chi connectivity index (χ0) is 38.8. The number of carbonyl (C=O) groups is 5. The largest absolute Gasteiger partial charge is 0.490 e. The number of aryl methyl sites for hydroxylation is 1. The fraction of sp³-hybridized carbons (Fsp3) is 0.442. The van der Waals surface area contributed by atoms with Gasteiger partial charge in [-0.15, -0.1) is 0 Å². The fourth-order valence-corrected chi connectivity index (χ4v) is 8.38. The molecule has 3 heterocycles. The standard InChI is InChI=1S/C43H47N5O7/c1-3-32(49)7-15-39(40(45)50)48-42(52)37-21-29-24-47(25-30(29)22-38(37)43(48)53)31-16-18-46(19-17-31)41(51)27-4-8-33(9-5-27)54-34-11-13-35(14-12-34)55-36-10-6-28(23-44)26(2)20-36/h4-6,8-10,20-22,31,34-35,39H,3,7,11-19,24-25H2,1-2H3,(H2,45,50). The molecule has 0 radical (unpaired) electrons. The average molecular weight is 746 g/mol. The zero-order valence-corrected chi connectivity index (χ0v) is 31.4. The number of imide groups is 1. The van der Waals surface area contributed by atoms with Crippen LogP contribution in [-0.4, -0.2) is 81.5 Å². The van der Waals surface area contributed by atoms with E-state index in [4.69, 9.17) is 15.2 Å². The highest BCUT2D eigenvalue weighted by atomic mass is 16.5. The van der Waals surface area contributed by atoms with Gasteiger partial charge in [0.05, 0.1) is 35.0 Å². The molecule has 0 aromatic heterocycles. The van der Waals surface area contributed by atoms with Gasteiger partial charge in [0, 0.05) is 50.6 Å². The highest BCUT2D eigenvalue weighted by Gasteiger charge is 2.43. The van der Waals surface area contributed by atoms with Gasteiger partial charge in [0.15, 0.2) is 0 Å². The van der Waals surface area contributed by atoms with Crippen molar-refractivity contribution >= 4 is 29.4 Å². The summed E-state index contributed by atoms with van der Waals surface area (Å²) in [7, 11) is 0. The number of carbonyl (C=O) groups excluding carboxylic acids is 5. The first-order chi connectivity index (χ1) is 26.5. The first-order valence-electron chi connectivity index (χ1n) is 19.3. The summed E-state index contributed by atoms with van der Waals surface area (Å²) in [6, 6.07) is 17.8. The van der Waals surface area contributed by atoms with Crippen molar-refractivity contribution in [1.29, 1.82) is 5.26 Å². The molecule has 3 aromatic carbocycles. The zero-order valence-electron chi connectivity index (χ0n) is 31.4. The SMILES string of the molecule is CCC(=O)CCC(C(N)=O)N1C(=O)c2cc3c(cc2C1=O)CN(C1CCN(C(=O)c2ccc(OC4CCC(Oc5ccc(C#N)c(C)c5)CC4)cc2)CC1)C3. The van der Waals surface area contributed by atoms with E-state index in [0.717, 1.165) is 71.6 Å². The summed E-state index contributed by atoms with van der Waals surface area (Å²) in [4.78, 5) is 69.6. The van der Waals surface area contributed by atoms with Gasteiger partial charge in [-0.05, 0) is 123 Å². The predicted octanol–water partition coefficient (Wildman–Crippen LogP) is 5.47. The van der Waals surface area contributed by atoms with Crippen molar-refractivity contribution in [3.63, 3.8) is 0 Å². The van der Waals surface area contributed by atoms with Gasteiger partial charge in [0.1, 0.15) is 23.3 Å². The normalized spacial score (nSPS) is 20.5. The van der Waals surface area contributed by atoms with Crippen molar-refractivity contribution in [3.05, 3.63) is 93.5 Å². The molecule has 4 amide bonds. The summed E-state index contributed by atoms with van der Waals surface area (Å²) in [6.07, 6.45) is 5.69. The molecule has 7 rings (SSSR count). The monoisotopic (exact) mass is 745 g/mol. The molecule has 2 N–H and O–H groups in total. The first kappa shape index (κ1) is 37.8. The second-order valence-electron chi connectivity index (χ2n) is 15.2. The van der Waals surface area contributed by atoms with Crippen LogP contribution in [-0.2, 0) is 22.7 Å². The molecule has 1 saturated heterocycles. The number of Topliss-reactive ketones (excluding diaryl/α,β-unsaturated/α-hetero) is 1. The topological polar surface area (TPSA) is 163 Å². The number of ketones is 1. The highest BCUT2D eigenvalue weighted by Crippen LogP contribution is 2.35. The Morgan fingerprint density at radius 3 is 1.93 bits per heavy atom. The number of nitriles is 1. The summed E-state index contributed by atoms with van der Waals surface area (Å²) in [5.74, 6) is -0.439. The quantitative estimate of drug-likeness (QED) is 0.237. The van der Waals surface area contributed by atoms with Crippen molar-refractivity contribution in [3.8, 4) is 17.6 Å². The molecule has 1 unspecified atom stereocenters. The fourth-order valence-electron chi connectivity index (χ4n) is 8.38. The van der Waals surface area contributed by atoms with E-state index in [0.29, 0.717) is 43.7 Å². The van der Waals surface area contributed by atoms with Crippen molar-refractivity contribution in [1.82, 2.24) is 14.7 Å². The van der Waals surface area contributed by atoms with Crippen LogP contribution in [0.5, 0.6) is 11.5 Å². The summed E-state index contributed by atoms with van der Waals surface area (Å²) in [5, 5.41) is 9.17. The molecule has 2 fully saturated rings. The number of likely N-dealkylation sites (tertiary alicyclic amines) is 1. The van der Waals surface area contributed by atoms with E-state index in [1.807, 2.05) is 48.2 Å². The van der Waals surface area contributed by atoms with Crippen LogP contribution in [0.15, 0.2) is 54.6 Å². The summed E-state index contributed by atoms with van der Waals surface area (Å²) in [6.45, 7) is 6.13. The van der Waals surface area contributed by atoms with Crippen molar-refractivity contribution in [2.75, 3.05) is 13.1 Å². The number of amides is 4. The lowest BCUT2D eigenvalue weighted by Crippen LogP contribution is -2.48. The Hall–Kier alpha value is -5.54. The molecule has 4 aliphatic rings. The molecule has 1 atom stereocenters. The van der Waals surface area contributed by atoms with Gasteiger partial charge < -0.3 is 20.1 Å². The number of rotatable bonds is 12. The Bertz CT molecular complexity index is 2000. The number of ether oxygens (including phenoxy) is 2. The maximum absolute atomic E-state index is 13.5. The molecule has 3 aliphatic heterocycles. The minimum Gasteiger partial charge on any atom is -0.490 e. The second kappa shape index (κ2) is 16.1. The number of hydrogen-bond donors (Lipinski definition) is 1. The number of primary amides is 1. The third-order valence-electron chi connectivity index (χ3n) is 11.6. The minimum absolute atomic E-state index is 0.00302. The number of benzene rings is 3. The van der Waals surface area contributed by atoms with Crippen LogP contribution in [0.2, 0.25) is 0 Å². The summed E-state index contributed by atoms with van der Waals surface area (Å²) < 4.78 is 12.5. The van der Waals surface area contributed by atoms with Crippen LogP contribution < -0.4 is 15.2 Å². The average Bonchev–Trinajstić information content (AvgIpc) is 3.72. The molecule has 55 heavy (non-hydrogen) atoms. The highest BCUT2D eigenvalue weighted by molar-refractivity contribution is 6.23. The van der Waals surface area contributed by atoms with E-state index in [1.165, 1.54) is 0 Å². The summed E-state index contributed by atoms with van der Waals surface area (Å²) in [5.41, 5.74) is 10.3. The van der Waals surface area contributed by atoms with Gasteiger partial charge in [-0.2, -0.15) is 5.26 Å². The van der Waals surface area contributed by atoms with Crippen LogP contribution in [0.1, 0.15) is 118 Å². The summed E-state index contributed by atoms with van der Waals surface area (Å²) >= 11 is 0. The number of fused-ring (bicyclic) bond motifs is 2. The van der Waals surface area contributed by atoms with E-state index in [-0.39, 0.29) is 53.9 Å². The molecule has 1 saturated carbocycles. The Labute approximate surface area is 321 Å². The maximum atomic E-state index is 13.5. The molecule has 3 aromatic rings. The van der Waals surface area contributed by atoms with Gasteiger partial charge >= 0.3 is 0 Å². The third kappa shape index (κ3) is 7.98. The van der Waals surface area contributed by atoms with Gasteiger partial charge in [0.2, 0.25) is 5.91 Å². The van der Waals surface area contributed by atoms with Crippen LogP contribution in [0, 0.1) is 18.3 Å². The molecule has 286 valence electrons. The van der Waals surface area contributed by atoms with E-state index in [2.05, 4.69) is 11.0 Å². The third-order valence-corrected chi connectivity index (χ3v) is 11.6. The van der Waals surface area contributed by atoms with Crippen LogP contribution in [0.4, 0.5) is 0 Å². The molecule has 12 heteroatoms. The number of nitrogens with zero attached hydrogens (tertiary/aromatic N) is 4. The Balaban J connectivity index is 0.875. The Morgan fingerprint density at radius 1 is 0.836 bits per heavy atom. The van der Waals surface area contributed by atoms with Crippen LogP contribution in [0.25, 0.3) is 0 Å². The second-order valence-corrected chi connectivity index (χ2v) is 15.2. The molecular formula is C43H47N5O7. The van der Waals surface area contributed by atoms with E-state index in [1.54, 1.807) is 25.1 Å². The smallest absolute Gasteiger partial charge is 0.262 e. The van der Waals surface area contributed by atoms with E-state index >= 15 is 0 Å². The number of hydrogen-bond acceptors (Lipinski definition) is 9. The maximum Gasteiger partial charge on any atom is 0.262 e. The predicted molar refractivity (Wildman–Crippen MR) is 202 cm³/mol. The number of piperidine rings is 1. The van der Waals surface area contributed by atoms with Crippen molar-refractivity contribution < 1.29 is 33.4 Å². The molecule has 1 aliphatic carbocycles. The van der Waals surface area contributed by atoms with E-state index < -0.39 is 23.8 Å². The lowest BCUT2D eigenvalue weighted by molar-refractivity contribution is -0.123. The Morgan fingerprint density at radius 2 is 1.40 bits per heavy atom. The van der Waals surface area contributed by atoms with E-state index in [9.17, 15) is 29.2 Å². The van der Waals surface area contributed by atoms with Gasteiger partial charge in [-0.25, -0.2) is 0 Å². The van der Waals surface area contributed by atoms with Crippen molar-refractivity contribution in [2.45, 2.75) is 109 Å². The lowest BCUT2D eigenvalue weighted by Gasteiger charge is -2.36. The molecule has 0 spiro atoms. The number of nitrogens with two attached hydrogens (primary N) is 1. The molecule has 12 nitrogen and oxygen atoms in total. The minimum atomic E-state index is -1.17. The first-order valence-corrected chi connectivity index (χ1v) is 19.3. The molecular weight excluding hydrogens is 699 g/mol. The van der Waals surface area contributed by atoms with Gasteiger partial charge in [-0.1, -0.05) is 6.92 Å².